The molecule has 1 saturated heterocycles. The van der Waals surface area contributed by atoms with Gasteiger partial charge in [-0.1, -0.05) is 0 Å². The van der Waals surface area contributed by atoms with E-state index in [0.29, 0.717) is 42.9 Å². The summed E-state index contributed by atoms with van der Waals surface area (Å²) in [6.07, 6.45) is 2.75. The van der Waals surface area contributed by atoms with E-state index >= 15 is 0 Å². The van der Waals surface area contributed by atoms with E-state index in [1.807, 2.05) is 30.9 Å². The molecular weight excluding hydrogens is 346 g/mol. The molecule has 1 amide bonds. The first kappa shape index (κ1) is 19.4. The number of aryl methyl sites for hydroxylation is 1. The molecule has 0 bridgehead atoms. The molecule has 2 heterocycles. The lowest BCUT2D eigenvalue weighted by molar-refractivity contribution is -0.135. The summed E-state index contributed by atoms with van der Waals surface area (Å²) in [6.45, 7) is 5.93. The van der Waals surface area contributed by atoms with Crippen LogP contribution in [-0.2, 0) is 16.0 Å². The second-order valence-corrected chi connectivity index (χ2v) is 6.91. The Hall–Kier alpha value is -2.34. The third-order valence-corrected chi connectivity index (χ3v) is 5.22. The highest BCUT2D eigenvalue weighted by atomic mass is 16.5. The van der Waals surface area contributed by atoms with Crippen LogP contribution >= 0.6 is 0 Å². The molecule has 6 nitrogen and oxygen atoms in total. The molecule has 1 unspecified atom stereocenters. The van der Waals surface area contributed by atoms with Crippen molar-refractivity contribution in [3.8, 4) is 5.75 Å². The smallest absolute Gasteiger partial charge is 0.339 e. The highest BCUT2D eigenvalue weighted by Crippen LogP contribution is 2.24. The molecule has 0 spiro atoms. The summed E-state index contributed by atoms with van der Waals surface area (Å²) in [5, 5.41) is 0.868. The van der Waals surface area contributed by atoms with Gasteiger partial charge in [-0.15, -0.1) is 0 Å². The van der Waals surface area contributed by atoms with E-state index in [2.05, 4.69) is 0 Å². The summed E-state index contributed by atoms with van der Waals surface area (Å²) < 4.78 is 16.3. The molecule has 3 rings (SSSR count). The lowest BCUT2D eigenvalue weighted by Crippen LogP contribution is -2.43. The monoisotopic (exact) mass is 373 g/mol. The zero-order valence-corrected chi connectivity index (χ0v) is 16.2. The Morgan fingerprint density at radius 3 is 2.93 bits per heavy atom. The molecule has 1 aromatic carbocycles. The third kappa shape index (κ3) is 4.33. The minimum atomic E-state index is -0.383. The number of hydrogen-bond acceptors (Lipinski definition) is 5. The molecule has 0 radical (unpaired) electrons. The fourth-order valence-corrected chi connectivity index (χ4v) is 3.72. The molecule has 1 aliphatic heterocycles. The van der Waals surface area contributed by atoms with E-state index in [9.17, 15) is 9.59 Å². The van der Waals surface area contributed by atoms with Crippen molar-refractivity contribution in [2.45, 2.75) is 45.6 Å². The Morgan fingerprint density at radius 1 is 1.37 bits per heavy atom. The van der Waals surface area contributed by atoms with Crippen LogP contribution in [0.3, 0.4) is 0 Å². The second kappa shape index (κ2) is 8.57. The molecule has 0 N–H and O–H groups in total. The number of likely N-dealkylation sites (tertiary alicyclic amines) is 1. The Morgan fingerprint density at radius 2 is 2.19 bits per heavy atom. The minimum Gasteiger partial charge on any atom is -0.497 e. The maximum Gasteiger partial charge on any atom is 0.339 e. The Kier molecular flexibility index (Phi) is 6.16. The summed E-state index contributed by atoms with van der Waals surface area (Å²) in [5.74, 6) is 0.704. The molecule has 2 aromatic rings. The van der Waals surface area contributed by atoms with Crippen LogP contribution in [-0.4, -0.2) is 43.7 Å². The van der Waals surface area contributed by atoms with Crippen LogP contribution in [0.5, 0.6) is 5.75 Å². The lowest BCUT2D eigenvalue weighted by atomic mass is 10.0. The summed E-state index contributed by atoms with van der Waals surface area (Å²) in [5.41, 5.74) is 1.55. The van der Waals surface area contributed by atoms with Crippen molar-refractivity contribution >= 4 is 16.9 Å². The van der Waals surface area contributed by atoms with Crippen molar-refractivity contribution in [2.24, 2.45) is 0 Å². The number of ether oxygens (including phenoxy) is 2. The second-order valence-electron chi connectivity index (χ2n) is 6.91. The van der Waals surface area contributed by atoms with Gasteiger partial charge in [0.2, 0.25) is 5.91 Å². The first-order valence-electron chi connectivity index (χ1n) is 9.53. The van der Waals surface area contributed by atoms with Gasteiger partial charge >= 0.3 is 5.63 Å². The fraction of sp³-hybridized carbons (Fsp3) is 0.524. The van der Waals surface area contributed by atoms with E-state index < -0.39 is 0 Å². The van der Waals surface area contributed by atoms with Crippen molar-refractivity contribution in [1.82, 2.24) is 4.90 Å². The van der Waals surface area contributed by atoms with E-state index in [1.165, 1.54) is 0 Å². The third-order valence-electron chi connectivity index (χ3n) is 5.22. The first-order chi connectivity index (χ1) is 13.0. The van der Waals surface area contributed by atoms with Crippen LogP contribution in [0.2, 0.25) is 0 Å². The summed E-state index contributed by atoms with van der Waals surface area (Å²) in [6, 6.07) is 5.43. The van der Waals surface area contributed by atoms with Crippen molar-refractivity contribution in [2.75, 3.05) is 26.8 Å². The number of hydrogen-bond donors (Lipinski definition) is 0. The molecule has 1 fully saturated rings. The van der Waals surface area contributed by atoms with E-state index in [-0.39, 0.29) is 17.6 Å². The number of carbonyl (C=O) groups excluding carboxylic acids is 1. The maximum absolute atomic E-state index is 12.6. The van der Waals surface area contributed by atoms with Crippen molar-refractivity contribution in [3.05, 3.63) is 39.7 Å². The van der Waals surface area contributed by atoms with Crippen LogP contribution < -0.4 is 10.4 Å². The molecule has 1 aromatic heterocycles. The van der Waals surface area contributed by atoms with E-state index in [4.69, 9.17) is 13.9 Å². The maximum atomic E-state index is 12.6. The molecule has 0 saturated carbocycles. The number of rotatable bonds is 6. The SMILES string of the molecule is CCOC1CCCN(C(=O)CCc2c(C)c3ccc(OC)cc3oc2=O)C1. The quantitative estimate of drug-likeness (QED) is 0.728. The Bertz CT molecular complexity index is 871. The number of carbonyl (C=O) groups is 1. The average Bonchev–Trinajstić information content (AvgIpc) is 2.67. The van der Waals surface area contributed by atoms with Gasteiger partial charge in [0.1, 0.15) is 11.3 Å². The van der Waals surface area contributed by atoms with Crippen molar-refractivity contribution in [3.63, 3.8) is 0 Å². The normalized spacial score (nSPS) is 17.3. The molecule has 1 atom stereocenters. The average molecular weight is 373 g/mol. The van der Waals surface area contributed by atoms with Crippen LogP contribution in [0.1, 0.15) is 37.3 Å². The molecule has 146 valence electrons. The van der Waals surface area contributed by atoms with Crippen LogP contribution in [0.15, 0.2) is 27.4 Å². The molecule has 0 aliphatic carbocycles. The number of nitrogens with zero attached hydrogens (tertiary/aromatic N) is 1. The highest BCUT2D eigenvalue weighted by Gasteiger charge is 2.24. The number of benzene rings is 1. The van der Waals surface area contributed by atoms with Gasteiger partial charge in [0.25, 0.3) is 0 Å². The van der Waals surface area contributed by atoms with Gasteiger partial charge in [-0.05, 0) is 50.8 Å². The van der Waals surface area contributed by atoms with Gasteiger partial charge in [0, 0.05) is 43.1 Å². The predicted octanol–water partition coefficient (Wildman–Crippen LogP) is 3.07. The van der Waals surface area contributed by atoms with E-state index in [1.54, 1.807) is 13.2 Å². The largest absolute Gasteiger partial charge is 0.497 e. The van der Waals surface area contributed by atoms with Crippen molar-refractivity contribution in [1.29, 1.82) is 0 Å². The topological polar surface area (TPSA) is 69.0 Å². The van der Waals surface area contributed by atoms with Gasteiger partial charge in [-0.2, -0.15) is 0 Å². The molecular formula is C21H27NO5. The number of piperidine rings is 1. The summed E-state index contributed by atoms with van der Waals surface area (Å²) in [4.78, 5) is 26.9. The van der Waals surface area contributed by atoms with Gasteiger partial charge < -0.3 is 18.8 Å². The zero-order chi connectivity index (χ0) is 19.4. The summed E-state index contributed by atoms with van der Waals surface area (Å²) in [7, 11) is 1.57. The van der Waals surface area contributed by atoms with Crippen LogP contribution in [0.25, 0.3) is 11.0 Å². The standard InChI is InChI=1S/C21H27NO5/c1-4-26-16-6-5-11-22(13-16)20(23)10-9-18-14(2)17-8-7-15(25-3)12-19(17)27-21(18)24/h7-8,12,16H,4-6,9-11,13H2,1-3H3. The predicted molar refractivity (Wildman–Crippen MR) is 103 cm³/mol. The van der Waals surface area contributed by atoms with Gasteiger partial charge in [-0.25, -0.2) is 4.79 Å². The Labute approximate surface area is 159 Å². The fourth-order valence-electron chi connectivity index (χ4n) is 3.72. The van der Waals surface area contributed by atoms with Gasteiger partial charge in [0.05, 0.1) is 13.2 Å². The number of amides is 1. The zero-order valence-electron chi connectivity index (χ0n) is 16.2. The summed E-state index contributed by atoms with van der Waals surface area (Å²) >= 11 is 0. The van der Waals surface area contributed by atoms with Crippen LogP contribution in [0, 0.1) is 6.92 Å². The molecule has 1 aliphatic rings. The van der Waals surface area contributed by atoms with Gasteiger partial charge in [0.15, 0.2) is 0 Å². The first-order valence-corrected chi connectivity index (χ1v) is 9.53. The van der Waals surface area contributed by atoms with Gasteiger partial charge in [-0.3, -0.25) is 4.79 Å². The molecule has 27 heavy (non-hydrogen) atoms. The Balaban J connectivity index is 1.73. The number of fused-ring (bicyclic) bond motifs is 1. The highest BCUT2D eigenvalue weighted by molar-refractivity contribution is 5.82. The number of methoxy groups -OCH3 is 1. The van der Waals surface area contributed by atoms with Crippen molar-refractivity contribution < 1.29 is 18.7 Å². The minimum absolute atomic E-state index is 0.0630. The van der Waals surface area contributed by atoms with E-state index in [0.717, 1.165) is 30.3 Å². The lowest BCUT2D eigenvalue weighted by Gasteiger charge is -2.32. The molecule has 6 heteroatoms. The van der Waals surface area contributed by atoms with Crippen LogP contribution in [0.4, 0.5) is 0 Å².